The van der Waals surface area contributed by atoms with Gasteiger partial charge in [-0.1, -0.05) is 0 Å². The number of ketones is 1. The highest BCUT2D eigenvalue weighted by Crippen LogP contribution is 2.35. The maximum atomic E-state index is 11.3. The molecular formula is C14H12N2O5. The number of ether oxygens (including phenoxy) is 2. The smallest absolute Gasteiger partial charge is 0.331 e. The minimum Gasteiger partial charge on any atom is -0.493 e. The highest BCUT2D eigenvalue weighted by atomic mass is 16.6. The molecule has 2 rings (SSSR count). The molecule has 0 amide bonds. The molecular weight excluding hydrogens is 276 g/mol. The molecule has 1 aromatic heterocycles. The molecule has 1 heterocycles. The largest absolute Gasteiger partial charge is 0.493 e. The fourth-order valence-corrected chi connectivity index (χ4v) is 1.67. The van der Waals surface area contributed by atoms with Crippen molar-refractivity contribution in [1.29, 1.82) is 0 Å². The lowest BCUT2D eigenvalue weighted by molar-refractivity contribution is -0.386. The van der Waals surface area contributed by atoms with Crippen LogP contribution in [0.5, 0.6) is 17.4 Å². The van der Waals surface area contributed by atoms with E-state index in [0.29, 0.717) is 11.3 Å². The monoisotopic (exact) mass is 288 g/mol. The third-order valence-corrected chi connectivity index (χ3v) is 2.72. The highest BCUT2D eigenvalue weighted by molar-refractivity contribution is 5.94. The van der Waals surface area contributed by atoms with Gasteiger partial charge in [0.2, 0.25) is 0 Å². The molecule has 7 heteroatoms. The Labute approximate surface area is 120 Å². The van der Waals surface area contributed by atoms with Crippen molar-refractivity contribution in [3.05, 3.63) is 52.2 Å². The van der Waals surface area contributed by atoms with Crippen LogP contribution in [0.25, 0.3) is 0 Å². The molecule has 21 heavy (non-hydrogen) atoms. The summed E-state index contributed by atoms with van der Waals surface area (Å²) in [7, 11) is 1.42. The van der Waals surface area contributed by atoms with Gasteiger partial charge in [-0.25, -0.2) is 4.98 Å². The summed E-state index contributed by atoms with van der Waals surface area (Å²) in [6.45, 7) is 1.43. The van der Waals surface area contributed by atoms with E-state index in [1.54, 1.807) is 6.07 Å². The Morgan fingerprint density at radius 1 is 1.29 bits per heavy atom. The molecule has 0 aliphatic heterocycles. The summed E-state index contributed by atoms with van der Waals surface area (Å²) in [5, 5.41) is 10.9. The average molecular weight is 288 g/mol. The number of aromatic nitrogens is 1. The average Bonchev–Trinajstić information content (AvgIpc) is 2.47. The van der Waals surface area contributed by atoms with Crippen LogP contribution in [0, 0.1) is 10.1 Å². The first-order chi connectivity index (χ1) is 10.0. The maximum Gasteiger partial charge on any atom is 0.331 e. The number of pyridine rings is 1. The number of carbonyl (C=O) groups excluding carboxylic acids is 1. The molecule has 0 unspecified atom stereocenters. The van der Waals surface area contributed by atoms with E-state index < -0.39 is 4.92 Å². The SMILES string of the molecule is COc1cc(C(C)=O)ccc1Oc1ncccc1[N+](=O)[O-]. The molecule has 108 valence electrons. The molecule has 7 nitrogen and oxygen atoms in total. The van der Waals surface area contributed by atoms with Crippen molar-refractivity contribution in [2.75, 3.05) is 7.11 Å². The van der Waals surface area contributed by atoms with Crippen molar-refractivity contribution in [2.45, 2.75) is 6.92 Å². The molecule has 0 bridgehead atoms. The lowest BCUT2D eigenvalue weighted by Crippen LogP contribution is -1.99. The third-order valence-electron chi connectivity index (χ3n) is 2.72. The summed E-state index contributed by atoms with van der Waals surface area (Å²) >= 11 is 0. The summed E-state index contributed by atoms with van der Waals surface area (Å²) in [5.41, 5.74) is 0.199. The topological polar surface area (TPSA) is 91.6 Å². The molecule has 0 N–H and O–H groups in total. The number of carbonyl (C=O) groups is 1. The third kappa shape index (κ3) is 3.14. The summed E-state index contributed by atoms with van der Waals surface area (Å²) in [5.74, 6) is 0.270. The van der Waals surface area contributed by atoms with E-state index >= 15 is 0 Å². The van der Waals surface area contributed by atoms with Crippen molar-refractivity contribution in [3.63, 3.8) is 0 Å². The molecule has 0 saturated heterocycles. The van der Waals surface area contributed by atoms with Gasteiger partial charge < -0.3 is 9.47 Å². The number of benzene rings is 1. The Morgan fingerprint density at radius 3 is 2.67 bits per heavy atom. The van der Waals surface area contributed by atoms with Crippen LogP contribution in [-0.2, 0) is 0 Å². The first-order valence-electron chi connectivity index (χ1n) is 5.99. The number of rotatable bonds is 5. The van der Waals surface area contributed by atoms with Crippen LogP contribution in [0.3, 0.4) is 0 Å². The zero-order valence-electron chi connectivity index (χ0n) is 11.4. The van der Waals surface area contributed by atoms with Crippen LogP contribution in [0.15, 0.2) is 36.5 Å². The first kappa shape index (κ1) is 14.4. The van der Waals surface area contributed by atoms with Gasteiger partial charge >= 0.3 is 5.69 Å². The van der Waals surface area contributed by atoms with Crippen molar-refractivity contribution in [3.8, 4) is 17.4 Å². The van der Waals surface area contributed by atoms with E-state index in [0.717, 1.165) is 0 Å². The van der Waals surface area contributed by atoms with Crippen LogP contribution >= 0.6 is 0 Å². The number of hydrogen-bond donors (Lipinski definition) is 0. The Balaban J connectivity index is 2.40. The van der Waals surface area contributed by atoms with Gasteiger partial charge in [-0.05, 0) is 31.2 Å². The van der Waals surface area contributed by atoms with E-state index in [1.165, 1.54) is 44.5 Å². The van der Waals surface area contributed by atoms with Crippen LogP contribution in [0.4, 0.5) is 5.69 Å². The Kier molecular flexibility index (Phi) is 4.13. The maximum absolute atomic E-state index is 11.3. The van der Waals surface area contributed by atoms with Crippen molar-refractivity contribution < 1.29 is 19.2 Å². The van der Waals surface area contributed by atoms with E-state index in [4.69, 9.17) is 9.47 Å². The van der Waals surface area contributed by atoms with E-state index in [-0.39, 0.29) is 23.1 Å². The Morgan fingerprint density at radius 2 is 2.05 bits per heavy atom. The van der Waals surface area contributed by atoms with Crippen molar-refractivity contribution in [1.82, 2.24) is 4.98 Å². The highest BCUT2D eigenvalue weighted by Gasteiger charge is 2.18. The van der Waals surface area contributed by atoms with Gasteiger partial charge in [0.15, 0.2) is 17.3 Å². The summed E-state index contributed by atoms with van der Waals surface area (Å²) < 4.78 is 10.6. The molecule has 2 aromatic rings. The second-order valence-electron chi connectivity index (χ2n) is 4.11. The lowest BCUT2D eigenvalue weighted by atomic mass is 10.1. The normalized spacial score (nSPS) is 10.0. The van der Waals surface area contributed by atoms with Gasteiger partial charge in [0, 0.05) is 17.8 Å². The molecule has 0 aliphatic rings. The number of methoxy groups -OCH3 is 1. The van der Waals surface area contributed by atoms with Crippen molar-refractivity contribution in [2.24, 2.45) is 0 Å². The first-order valence-corrected chi connectivity index (χ1v) is 5.99. The van der Waals surface area contributed by atoms with E-state index in [2.05, 4.69) is 4.98 Å². The minimum atomic E-state index is -0.585. The van der Waals surface area contributed by atoms with Crippen LogP contribution in [0.2, 0.25) is 0 Å². The van der Waals surface area contributed by atoms with Crippen LogP contribution in [0.1, 0.15) is 17.3 Å². The molecule has 0 saturated carbocycles. The number of nitro groups is 1. The summed E-state index contributed by atoms with van der Waals surface area (Å²) in [4.78, 5) is 25.5. The molecule has 0 atom stereocenters. The molecule has 0 fully saturated rings. The fraction of sp³-hybridized carbons (Fsp3) is 0.143. The van der Waals surface area contributed by atoms with E-state index in [9.17, 15) is 14.9 Å². The van der Waals surface area contributed by atoms with Gasteiger partial charge in [0.1, 0.15) is 0 Å². The minimum absolute atomic E-state index is 0.122. The Bertz CT molecular complexity index is 700. The van der Waals surface area contributed by atoms with Gasteiger partial charge in [0.25, 0.3) is 5.88 Å². The molecule has 0 aliphatic carbocycles. The summed E-state index contributed by atoms with van der Waals surface area (Å²) in [6.07, 6.45) is 1.39. The Hall–Kier alpha value is -2.96. The zero-order valence-corrected chi connectivity index (χ0v) is 11.4. The van der Waals surface area contributed by atoms with Gasteiger partial charge in [-0.15, -0.1) is 0 Å². The molecule has 0 spiro atoms. The van der Waals surface area contributed by atoms with Crippen molar-refractivity contribution >= 4 is 11.5 Å². The van der Waals surface area contributed by atoms with Crippen LogP contribution < -0.4 is 9.47 Å². The van der Waals surface area contributed by atoms with Gasteiger partial charge in [0.05, 0.1) is 12.0 Å². The fourth-order valence-electron chi connectivity index (χ4n) is 1.67. The predicted molar refractivity (Wildman–Crippen MR) is 74.0 cm³/mol. The van der Waals surface area contributed by atoms with Crippen LogP contribution in [-0.4, -0.2) is 22.8 Å². The number of hydrogen-bond acceptors (Lipinski definition) is 6. The molecule has 0 radical (unpaired) electrons. The zero-order chi connectivity index (χ0) is 15.4. The second kappa shape index (κ2) is 6.00. The predicted octanol–water partition coefficient (Wildman–Crippen LogP) is 2.99. The van der Waals surface area contributed by atoms with Gasteiger partial charge in [-0.3, -0.25) is 14.9 Å². The number of Topliss-reactive ketones (excluding diaryl/α,β-unsaturated/α-hetero) is 1. The molecule has 1 aromatic carbocycles. The second-order valence-corrected chi connectivity index (χ2v) is 4.11. The lowest BCUT2D eigenvalue weighted by Gasteiger charge is -2.10. The quantitative estimate of drug-likeness (QED) is 0.477. The van der Waals surface area contributed by atoms with E-state index in [1.807, 2.05) is 0 Å². The van der Waals surface area contributed by atoms with Gasteiger partial charge in [-0.2, -0.15) is 0 Å². The number of nitrogens with zero attached hydrogens (tertiary/aromatic N) is 2. The standard InChI is InChI=1S/C14H12N2O5/c1-9(17)10-5-6-12(13(8-10)20-2)21-14-11(16(18)19)4-3-7-15-14/h3-8H,1-2H3. The summed E-state index contributed by atoms with van der Waals surface area (Å²) in [6, 6.07) is 7.30.